The summed E-state index contributed by atoms with van der Waals surface area (Å²) in [5.41, 5.74) is -2.12. The van der Waals surface area contributed by atoms with Crippen LogP contribution in [0.3, 0.4) is 0 Å². The lowest BCUT2D eigenvalue weighted by atomic mass is 9.95. The lowest BCUT2D eigenvalue weighted by Crippen LogP contribution is -2.27. The summed E-state index contributed by atoms with van der Waals surface area (Å²) in [5, 5.41) is 9.22. The van der Waals surface area contributed by atoms with E-state index in [-0.39, 0.29) is 16.3 Å². The molecule has 1 fully saturated rings. The van der Waals surface area contributed by atoms with E-state index in [9.17, 15) is 13.6 Å². The highest BCUT2D eigenvalue weighted by Gasteiger charge is 2.77. The van der Waals surface area contributed by atoms with Gasteiger partial charge >= 0.3 is 5.97 Å². The van der Waals surface area contributed by atoms with Crippen molar-refractivity contribution in [1.29, 1.82) is 0 Å². The predicted octanol–water partition coefficient (Wildman–Crippen LogP) is 2.71. The minimum atomic E-state index is -3.22. The van der Waals surface area contributed by atoms with E-state index in [1.807, 2.05) is 0 Å². The molecule has 2 rings (SSSR count). The lowest BCUT2D eigenvalue weighted by Gasteiger charge is -2.13. The second-order valence-electron chi connectivity index (χ2n) is 3.94. The van der Waals surface area contributed by atoms with Gasteiger partial charge in [0.2, 0.25) is 0 Å². The third kappa shape index (κ3) is 1.57. The van der Waals surface area contributed by atoms with Crippen molar-refractivity contribution in [2.75, 3.05) is 7.11 Å². The molecule has 3 nitrogen and oxygen atoms in total. The van der Waals surface area contributed by atoms with E-state index >= 15 is 0 Å². The van der Waals surface area contributed by atoms with Gasteiger partial charge in [0, 0.05) is 6.42 Å². The monoisotopic (exact) mass is 262 g/mol. The van der Waals surface area contributed by atoms with Gasteiger partial charge in [0.1, 0.15) is 5.75 Å². The first-order chi connectivity index (χ1) is 7.85. The lowest BCUT2D eigenvalue weighted by molar-refractivity contribution is -0.142. The molecule has 1 saturated carbocycles. The zero-order chi connectivity index (χ0) is 12.8. The minimum Gasteiger partial charge on any atom is -0.495 e. The van der Waals surface area contributed by atoms with Crippen LogP contribution in [-0.4, -0.2) is 24.1 Å². The maximum Gasteiger partial charge on any atom is 0.320 e. The molecule has 1 atom stereocenters. The van der Waals surface area contributed by atoms with Crippen molar-refractivity contribution in [3.8, 4) is 5.75 Å². The van der Waals surface area contributed by atoms with E-state index in [1.165, 1.54) is 25.3 Å². The largest absolute Gasteiger partial charge is 0.495 e. The molecule has 1 aromatic carbocycles. The number of hydrogen-bond acceptors (Lipinski definition) is 2. The maximum absolute atomic E-state index is 13.3. The molecule has 1 aromatic rings. The van der Waals surface area contributed by atoms with Crippen LogP contribution in [0.15, 0.2) is 18.2 Å². The Morgan fingerprint density at radius 1 is 1.53 bits per heavy atom. The first-order valence-electron chi connectivity index (χ1n) is 4.80. The molecule has 6 heteroatoms. The van der Waals surface area contributed by atoms with E-state index in [1.54, 1.807) is 0 Å². The van der Waals surface area contributed by atoms with Crippen LogP contribution in [0.4, 0.5) is 8.78 Å². The number of carboxylic acids is 1. The van der Waals surface area contributed by atoms with E-state index < -0.39 is 23.7 Å². The van der Waals surface area contributed by atoms with Crippen molar-refractivity contribution in [2.24, 2.45) is 0 Å². The van der Waals surface area contributed by atoms with Crippen LogP contribution in [0.1, 0.15) is 12.0 Å². The Labute approximate surface area is 101 Å². The SMILES string of the molecule is COc1cc(C2(C(=O)O)CC2(F)F)ccc1Cl. The van der Waals surface area contributed by atoms with E-state index in [0.717, 1.165) is 0 Å². The molecule has 0 aromatic heterocycles. The van der Waals surface area contributed by atoms with Crippen molar-refractivity contribution in [2.45, 2.75) is 17.8 Å². The van der Waals surface area contributed by atoms with Crippen LogP contribution in [0, 0.1) is 0 Å². The molecule has 0 aliphatic heterocycles. The third-order valence-corrected chi connectivity index (χ3v) is 3.31. The summed E-state index contributed by atoms with van der Waals surface area (Å²) in [6.45, 7) is 0. The van der Waals surface area contributed by atoms with Crippen LogP contribution in [-0.2, 0) is 10.2 Å². The Morgan fingerprint density at radius 3 is 2.53 bits per heavy atom. The summed E-state index contributed by atoms with van der Waals surface area (Å²) < 4.78 is 31.4. The van der Waals surface area contributed by atoms with Gasteiger partial charge in [-0.2, -0.15) is 0 Å². The fourth-order valence-corrected chi connectivity index (χ4v) is 2.08. The van der Waals surface area contributed by atoms with E-state index in [0.29, 0.717) is 0 Å². The topological polar surface area (TPSA) is 46.5 Å². The van der Waals surface area contributed by atoms with Gasteiger partial charge in [0.05, 0.1) is 12.1 Å². The Balaban J connectivity index is 2.51. The predicted molar refractivity (Wildman–Crippen MR) is 56.9 cm³/mol. The molecule has 0 spiro atoms. The van der Waals surface area contributed by atoms with Gasteiger partial charge in [0.15, 0.2) is 5.41 Å². The molecule has 1 N–H and O–H groups in total. The number of rotatable bonds is 3. The molecule has 1 aliphatic rings. The number of alkyl halides is 2. The molecule has 0 heterocycles. The maximum atomic E-state index is 13.3. The Morgan fingerprint density at radius 2 is 2.12 bits per heavy atom. The van der Waals surface area contributed by atoms with Crippen molar-refractivity contribution in [1.82, 2.24) is 0 Å². The van der Waals surface area contributed by atoms with Crippen molar-refractivity contribution >= 4 is 17.6 Å². The third-order valence-electron chi connectivity index (χ3n) is 3.00. The first-order valence-corrected chi connectivity index (χ1v) is 5.18. The number of aliphatic carboxylic acids is 1. The number of carbonyl (C=O) groups is 1. The molecule has 0 amide bonds. The zero-order valence-corrected chi connectivity index (χ0v) is 9.59. The number of carboxylic acid groups (broad SMARTS) is 1. The van der Waals surface area contributed by atoms with Crippen LogP contribution in [0.2, 0.25) is 5.02 Å². The summed E-state index contributed by atoms with van der Waals surface area (Å²) in [7, 11) is 1.34. The number of ether oxygens (including phenoxy) is 1. The van der Waals surface area contributed by atoms with Gasteiger partial charge in [-0.25, -0.2) is 8.78 Å². The molecule has 1 unspecified atom stereocenters. The summed E-state index contributed by atoms with van der Waals surface area (Å²) in [5.74, 6) is -4.57. The van der Waals surface area contributed by atoms with Crippen molar-refractivity contribution in [3.63, 3.8) is 0 Å². The standard InChI is InChI=1S/C11H9ClF2O3/c1-17-8-4-6(2-3-7(8)12)10(9(15)16)5-11(10,13)14/h2-4H,5H2,1H3,(H,15,16). The van der Waals surface area contributed by atoms with Gasteiger partial charge in [-0.1, -0.05) is 17.7 Å². The summed E-state index contributed by atoms with van der Waals surface area (Å²) >= 11 is 5.76. The Hall–Kier alpha value is -1.36. The van der Waals surface area contributed by atoms with Crippen molar-refractivity contribution < 1.29 is 23.4 Å². The number of benzene rings is 1. The summed E-state index contributed by atoms with van der Waals surface area (Å²) in [4.78, 5) is 11.0. The molecule has 1 aliphatic carbocycles. The molecule has 0 bridgehead atoms. The van der Waals surface area contributed by atoms with Gasteiger partial charge in [0.25, 0.3) is 5.92 Å². The number of methoxy groups -OCH3 is 1. The first kappa shape index (κ1) is 12.1. The molecule has 0 radical (unpaired) electrons. The molecular weight excluding hydrogens is 254 g/mol. The average molecular weight is 263 g/mol. The quantitative estimate of drug-likeness (QED) is 0.911. The second kappa shape index (κ2) is 3.57. The number of halogens is 3. The molecular formula is C11H9ClF2O3. The van der Waals surface area contributed by atoms with Crippen LogP contribution in [0.25, 0.3) is 0 Å². The van der Waals surface area contributed by atoms with Gasteiger partial charge in [-0.3, -0.25) is 4.79 Å². The van der Waals surface area contributed by atoms with Gasteiger partial charge in [-0.05, 0) is 17.7 Å². The molecule has 17 heavy (non-hydrogen) atoms. The Bertz CT molecular complexity index is 490. The van der Waals surface area contributed by atoms with Crippen LogP contribution >= 0.6 is 11.6 Å². The average Bonchev–Trinajstić information content (AvgIpc) is 2.84. The zero-order valence-electron chi connectivity index (χ0n) is 8.84. The highest BCUT2D eigenvalue weighted by Crippen LogP contribution is 2.62. The Kier molecular flexibility index (Phi) is 2.54. The molecule has 92 valence electrons. The van der Waals surface area contributed by atoms with E-state index in [2.05, 4.69) is 0 Å². The van der Waals surface area contributed by atoms with Crippen LogP contribution < -0.4 is 4.74 Å². The minimum absolute atomic E-state index is 0.0104. The summed E-state index contributed by atoms with van der Waals surface area (Å²) in [6, 6.07) is 3.89. The number of hydrogen-bond donors (Lipinski definition) is 1. The highest BCUT2D eigenvalue weighted by atomic mass is 35.5. The van der Waals surface area contributed by atoms with Gasteiger partial charge < -0.3 is 9.84 Å². The van der Waals surface area contributed by atoms with Crippen LogP contribution in [0.5, 0.6) is 5.75 Å². The normalized spacial score (nSPS) is 25.4. The fourth-order valence-electron chi connectivity index (χ4n) is 1.88. The van der Waals surface area contributed by atoms with Crippen molar-refractivity contribution in [3.05, 3.63) is 28.8 Å². The van der Waals surface area contributed by atoms with Gasteiger partial charge in [-0.15, -0.1) is 0 Å². The fraction of sp³-hybridized carbons (Fsp3) is 0.364. The second-order valence-corrected chi connectivity index (χ2v) is 4.35. The smallest absolute Gasteiger partial charge is 0.320 e. The molecule has 0 saturated heterocycles. The highest BCUT2D eigenvalue weighted by molar-refractivity contribution is 6.32. The van der Waals surface area contributed by atoms with E-state index in [4.69, 9.17) is 21.4 Å². The summed E-state index contributed by atoms with van der Waals surface area (Å²) in [6.07, 6.45) is -0.694.